The minimum atomic E-state index is -4.87. The van der Waals surface area contributed by atoms with E-state index in [2.05, 4.69) is 25.8 Å². The molecule has 0 aliphatic carbocycles. The minimum Gasteiger partial charge on any atom is -0.403 e. The highest BCUT2D eigenvalue weighted by Gasteiger charge is 2.32. The Labute approximate surface area is 119 Å². The molecule has 8 heteroatoms. The second-order valence-electron chi connectivity index (χ2n) is 3.82. The van der Waals surface area contributed by atoms with Crippen molar-refractivity contribution in [1.82, 2.24) is 9.78 Å². The average Bonchev–Trinajstić information content (AvgIpc) is 2.38. The van der Waals surface area contributed by atoms with E-state index in [1.165, 1.54) is 0 Å². The standard InChI is InChI=1S/C12H8BrF3N2O2/c13-10-9(20-12(14,15)16)6-17-18(11(10)19)7-8-4-2-1-3-5-8/h1-6H,7H2. The van der Waals surface area contributed by atoms with Gasteiger partial charge in [0.1, 0.15) is 4.47 Å². The smallest absolute Gasteiger partial charge is 0.403 e. The van der Waals surface area contributed by atoms with Crippen molar-refractivity contribution in [3.63, 3.8) is 0 Å². The predicted molar refractivity (Wildman–Crippen MR) is 68.4 cm³/mol. The molecule has 0 saturated heterocycles. The lowest BCUT2D eigenvalue weighted by atomic mass is 10.2. The summed E-state index contributed by atoms with van der Waals surface area (Å²) in [5, 5.41) is 3.67. The molecule has 0 atom stereocenters. The van der Waals surface area contributed by atoms with Crippen molar-refractivity contribution in [1.29, 1.82) is 0 Å². The zero-order valence-electron chi connectivity index (χ0n) is 9.89. The molecule has 0 saturated carbocycles. The van der Waals surface area contributed by atoms with E-state index >= 15 is 0 Å². The van der Waals surface area contributed by atoms with Gasteiger partial charge >= 0.3 is 6.36 Å². The van der Waals surface area contributed by atoms with Gasteiger partial charge in [0.2, 0.25) is 0 Å². The monoisotopic (exact) mass is 348 g/mol. The lowest BCUT2D eigenvalue weighted by Crippen LogP contribution is -2.26. The van der Waals surface area contributed by atoms with Crippen molar-refractivity contribution in [3.05, 3.63) is 56.9 Å². The van der Waals surface area contributed by atoms with Crippen LogP contribution in [0, 0.1) is 0 Å². The van der Waals surface area contributed by atoms with Crippen LogP contribution in [0.3, 0.4) is 0 Å². The maximum atomic E-state index is 12.1. The van der Waals surface area contributed by atoms with Crippen LogP contribution in [0.5, 0.6) is 5.75 Å². The molecule has 0 radical (unpaired) electrons. The summed E-state index contributed by atoms with van der Waals surface area (Å²) in [7, 11) is 0. The van der Waals surface area contributed by atoms with Crippen LogP contribution < -0.4 is 10.3 Å². The third kappa shape index (κ3) is 3.60. The Morgan fingerprint density at radius 3 is 2.50 bits per heavy atom. The van der Waals surface area contributed by atoms with E-state index in [0.29, 0.717) is 0 Å². The Hall–Kier alpha value is -1.83. The molecule has 0 unspecified atom stereocenters. The van der Waals surface area contributed by atoms with Crippen LogP contribution in [0.25, 0.3) is 0 Å². The van der Waals surface area contributed by atoms with Gasteiger partial charge in [0.05, 0.1) is 12.7 Å². The zero-order chi connectivity index (χ0) is 14.8. The summed E-state index contributed by atoms with van der Waals surface area (Å²) in [6.07, 6.45) is -4.02. The normalized spacial score (nSPS) is 11.4. The molecular weight excluding hydrogens is 341 g/mol. The van der Waals surface area contributed by atoms with E-state index in [1.54, 1.807) is 24.3 Å². The number of halogens is 4. The largest absolute Gasteiger partial charge is 0.573 e. The molecule has 1 aromatic heterocycles. The lowest BCUT2D eigenvalue weighted by molar-refractivity contribution is -0.275. The van der Waals surface area contributed by atoms with E-state index in [1.807, 2.05) is 6.07 Å². The molecule has 1 heterocycles. The molecule has 2 rings (SSSR count). The van der Waals surface area contributed by atoms with Crippen molar-refractivity contribution in [2.24, 2.45) is 0 Å². The van der Waals surface area contributed by atoms with Gasteiger partial charge in [-0.1, -0.05) is 30.3 Å². The third-order valence-corrected chi connectivity index (χ3v) is 3.08. The Morgan fingerprint density at radius 2 is 1.90 bits per heavy atom. The number of hydrogen-bond acceptors (Lipinski definition) is 3. The third-order valence-electron chi connectivity index (χ3n) is 2.35. The molecule has 0 bridgehead atoms. The molecule has 1 aromatic carbocycles. The number of hydrogen-bond donors (Lipinski definition) is 0. The van der Waals surface area contributed by atoms with Gasteiger partial charge in [0, 0.05) is 0 Å². The SMILES string of the molecule is O=c1c(Br)c(OC(F)(F)F)cnn1Cc1ccccc1. The molecule has 106 valence electrons. The molecule has 0 aliphatic heterocycles. The summed E-state index contributed by atoms with van der Waals surface area (Å²) < 4.78 is 40.8. The summed E-state index contributed by atoms with van der Waals surface area (Å²) in [5.74, 6) is -0.660. The number of alkyl halides is 3. The maximum absolute atomic E-state index is 12.1. The Morgan fingerprint density at radius 1 is 1.25 bits per heavy atom. The molecule has 0 fully saturated rings. The summed E-state index contributed by atoms with van der Waals surface area (Å²) in [4.78, 5) is 11.9. The van der Waals surface area contributed by atoms with E-state index in [9.17, 15) is 18.0 Å². The first-order chi connectivity index (χ1) is 9.37. The van der Waals surface area contributed by atoms with Crippen LogP contribution in [-0.4, -0.2) is 16.1 Å². The molecule has 0 amide bonds. The molecule has 2 aromatic rings. The van der Waals surface area contributed by atoms with Gasteiger partial charge in [-0.15, -0.1) is 13.2 Å². The Kier molecular flexibility index (Phi) is 4.12. The van der Waals surface area contributed by atoms with Crippen LogP contribution in [0.4, 0.5) is 13.2 Å². The van der Waals surface area contributed by atoms with Gasteiger partial charge in [-0.25, -0.2) is 4.68 Å². The summed E-state index contributed by atoms with van der Waals surface area (Å²) in [6.45, 7) is 0.157. The number of aromatic nitrogens is 2. The van der Waals surface area contributed by atoms with Gasteiger partial charge in [0.25, 0.3) is 5.56 Å². The van der Waals surface area contributed by atoms with Crippen LogP contribution in [0.1, 0.15) is 5.56 Å². The quantitative estimate of drug-likeness (QED) is 0.856. The summed E-state index contributed by atoms with van der Waals surface area (Å²) in [5.41, 5.74) is 0.106. The first kappa shape index (κ1) is 14.6. The molecule has 4 nitrogen and oxygen atoms in total. The molecular formula is C12H8BrF3N2O2. The predicted octanol–water partition coefficient (Wildman–Crippen LogP) is 2.95. The summed E-state index contributed by atoms with van der Waals surface area (Å²) in [6, 6.07) is 8.95. The number of benzene rings is 1. The van der Waals surface area contributed by atoms with Gasteiger partial charge in [-0.2, -0.15) is 5.10 Å². The average molecular weight is 349 g/mol. The van der Waals surface area contributed by atoms with Crippen LogP contribution in [-0.2, 0) is 6.54 Å². The fraction of sp³-hybridized carbons (Fsp3) is 0.167. The molecule has 0 spiro atoms. The highest BCUT2D eigenvalue weighted by atomic mass is 79.9. The van der Waals surface area contributed by atoms with Crippen molar-refractivity contribution in [2.75, 3.05) is 0 Å². The Balaban J connectivity index is 2.30. The van der Waals surface area contributed by atoms with Crippen LogP contribution in [0.2, 0.25) is 0 Å². The van der Waals surface area contributed by atoms with Gasteiger partial charge in [-0.05, 0) is 21.5 Å². The Bertz CT molecular complexity index is 656. The number of nitrogens with zero attached hydrogens (tertiary/aromatic N) is 2. The number of rotatable bonds is 3. The molecule has 0 N–H and O–H groups in total. The summed E-state index contributed by atoms with van der Waals surface area (Å²) >= 11 is 2.80. The first-order valence-corrected chi connectivity index (χ1v) is 6.21. The van der Waals surface area contributed by atoms with E-state index in [-0.39, 0.29) is 11.0 Å². The minimum absolute atomic E-state index is 0.157. The first-order valence-electron chi connectivity index (χ1n) is 5.42. The van der Waals surface area contributed by atoms with Gasteiger partial charge < -0.3 is 4.74 Å². The van der Waals surface area contributed by atoms with Crippen molar-refractivity contribution in [3.8, 4) is 5.75 Å². The number of ether oxygens (including phenoxy) is 1. The fourth-order valence-corrected chi connectivity index (χ4v) is 1.90. The maximum Gasteiger partial charge on any atom is 0.573 e. The highest BCUT2D eigenvalue weighted by Crippen LogP contribution is 2.26. The van der Waals surface area contributed by atoms with Gasteiger partial charge in [0.15, 0.2) is 5.75 Å². The van der Waals surface area contributed by atoms with Crippen LogP contribution in [0.15, 0.2) is 45.8 Å². The second kappa shape index (κ2) is 5.66. The molecule has 20 heavy (non-hydrogen) atoms. The zero-order valence-corrected chi connectivity index (χ0v) is 11.5. The topological polar surface area (TPSA) is 44.1 Å². The van der Waals surface area contributed by atoms with E-state index < -0.39 is 17.7 Å². The van der Waals surface area contributed by atoms with Crippen molar-refractivity contribution in [2.45, 2.75) is 12.9 Å². The van der Waals surface area contributed by atoms with Gasteiger partial charge in [-0.3, -0.25) is 4.79 Å². The van der Waals surface area contributed by atoms with E-state index in [0.717, 1.165) is 16.4 Å². The van der Waals surface area contributed by atoms with E-state index in [4.69, 9.17) is 0 Å². The fourth-order valence-electron chi connectivity index (χ4n) is 1.51. The lowest BCUT2D eigenvalue weighted by Gasteiger charge is -2.11. The molecule has 0 aliphatic rings. The van der Waals surface area contributed by atoms with Crippen molar-refractivity contribution >= 4 is 15.9 Å². The van der Waals surface area contributed by atoms with Crippen LogP contribution >= 0.6 is 15.9 Å². The van der Waals surface area contributed by atoms with Crippen molar-refractivity contribution < 1.29 is 17.9 Å². The highest BCUT2D eigenvalue weighted by molar-refractivity contribution is 9.10. The second-order valence-corrected chi connectivity index (χ2v) is 4.61.